The molecule has 3 N–H and O–H groups in total. The van der Waals surface area contributed by atoms with Crippen molar-refractivity contribution in [2.45, 2.75) is 58.5 Å². The average Bonchev–Trinajstić information content (AvgIpc) is 3.41. The highest BCUT2D eigenvalue weighted by atomic mass is 16.2. The second-order valence-corrected chi connectivity index (χ2v) is 9.65. The molecule has 0 aliphatic carbocycles. The predicted octanol–water partition coefficient (Wildman–Crippen LogP) is 3.35. The average molecular weight is 438 g/mol. The van der Waals surface area contributed by atoms with Gasteiger partial charge in [0, 0.05) is 54.9 Å². The monoisotopic (exact) mass is 437 g/mol. The lowest BCUT2D eigenvalue weighted by Crippen LogP contribution is -2.53. The van der Waals surface area contributed by atoms with E-state index in [-0.39, 0.29) is 23.3 Å². The molecule has 1 saturated heterocycles. The number of aromatic amines is 2. The van der Waals surface area contributed by atoms with Gasteiger partial charge >= 0.3 is 0 Å². The van der Waals surface area contributed by atoms with Gasteiger partial charge in [0.15, 0.2) is 0 Å². The van der Waals surface area contributed by atoms with E-state index in [9.17, 15) is 4.79 Å². The molecular weight excluding hydrogens is 402 g/mol. The minimum atomic E-state index is -0.199. The zero-order valence-corrected chi connectivity index (χ0v) is 19.6. The summed E-state index contributed by atoms with van der Waals surface area (Å²) in [7, 11) is 0. The zero-order valence-electron chi connectivity index (χ0n) is 19.6. The quantitative estimate of drug-likeness (QED) is 0.527. The number of nitrogens with zero attached hydrogens (tertiary/aromatic N) is 4. The summed E-state index contributed by atoms with van der Waals surface area (Å²) in [6, 6.07) is 8.30. The Bertz CT molecular complexity index is 1040. The molecule has 1 fully saturated rings. The number of fused-ring (bicyclic) bond motifs is 1. The highest BCUT2D eigenvalue weighted by Gasteiger charge is 2.28. The summed E-state index contributed by atoms with van der Waals surface area (Å²) in [5, 5.41) is 11.5. The van der Waals surface area contributed by atoms with Crippen LogP contribution in [0.15, 0.2) is 30.5 Å². The van der Waals surface area contributed by atoms with E-state index in [0.717, 1.165) is 51.0 Å². The molecule has 4 rings (SSSR count). The van der Waals surface area contributed by atoms with E-state index in [4.69, 9.17) is 0 Å². The van der Waals surface area contributed by atoms with Crippen molar-refractivity contribution in [2.24, 2.45) is 0 Å². The number of amides is 1. The molecule has 1 unspecified atom stereocenters. The van der Waals surface area contributed by atoms with Crippen LogP contribution in [0.2, 0.25) is 0 Å². The van der Waals surface area contributed by atoms with Crippen molar-refractivity contribution in [1.82, 2.24) is 30.4 Å². The van der Waals surface area contributed by atoms with Crippen molar-refractivity contribution >= 4 is 22.8 Å². The molecule has 8 nitrogen and oxygen atoms in total. The van der Waals surface area contributed by atoms with Crippen molar-refractivity contribution < 1.29 is 4.79 Å². The molecule has 0 spiro atoms. The van der Waals surface area contributed by atoms with Crippen molar-refractivity contribution in [2.75, 3.05) is 31.1 Å². The van der Waals surface area contributed by atoms with Gasteiger partial charge in [-0.25, -0.2) is 0 Å². The molecule has 1 aromatic carbocycles. The van der Waals surface area contributed by atoms with Crippen molar-refractivity contribution in [1.29, 1.82) is 0 Å². The first kappa shape index (κ1) is 22.3. The Labute approximate surface area is 189 Å². The lowest BCUT2D eigenvalue weighted by molar-refractivity contribution is 0.0924. The van der Waals surface area contributed by atoms with Crippen LogP contribution in [-0.2, 0) is 6.42 Å². The summed E-state index contributed by atoms with van der Waals surface area (Å²) in [6.07, 6.45) is 4.72. The Morgan fingerprint density at radius 1 is 1.19 bits per heavy atom. The summed E-state index contributed by atoms with van der Waals surface area (Å²) in [5.41, 5.74) is 2.50. The number of piperazine rings is 1. The maximum Gasteiger partial charge on any atom is 0.288 e. The van der Waals surface area contributed by atoms with Crippen LogP contribution >= 0.6 is 0 Å². The van der Waals surface area contributed by atoms with Gasteiger partial charge in [0.2, 0.25) is 11.8 Å². The van der Waals surface area contributed by atoms with Crippen molar-refractivity contribution in [3.63, 3.8) is 0 Å². The third-order valence-corrected chi connectivity index (χ3v) is 6.31. The molecule has 3 aromatic rings. The lowest BCUT2D eigenvalue weighted by atomic mass is 10.0. The van der Waals surface area contributed by atoms with Crippen LogP contribution in [-0.4, -0.2) is 68.7 Å². The van der Waals surface area contributed by atoms with Crippen molar-refractivity contribution in [3.8, 4) is 0 Å². The second kappa shape index (κ2) is 9.32. The molecule has 32 heavy (non-hydrogen) atoms. The molecule has 0 radical (unpaired) electrons. The Morgan fingerprint density at radius 2 is 1.94 bits per heavy atom. The molecule has 0 bridgehead atoms. The van der Waals surface area contributed by atoms with Crippen LogP contribution in [0.1, 0.15) is 56.7 Å². The normalized spacial score (nSPS) is 16.4. The molecule has 1 aliphatic rings. The number of benzene rings is 1. The van der Waals surface area contributed by atoms with Crippen LogP contribution in [0.3, 0.4) is 0 Å². The van der Waals surface area contributed by atoms with E-state index in [1.807, 2.05) is 18.3 Å². The molecule has 2 aromatic heterocycles. The van der Waals surface area contributed by atoms with Crippen LogP contribution in [0, 0.1) is 0 Å². The van der Waals surface area contributed by atoms with Gasteiger partial charge in [-0.05, 0) is 45.2 Å². The van der Waals surface area contributed by atoms with E-state index < -0.39 is 0 Å². The van der Waals surface area contributed by atoms with Gasteiger partial charge in [-0.15, -0.1) is 5.10 Å². The molecule has 1 atom stereocenters. The van der Waals surface area contributed by atoms with Crippen LogP contribution in [0.4, 0.5) is 5.95 Å². The highest BCUT2D eigenvalue weighted by Crippen LogP contribution is 2.21. The fraction of sp³-hybridized carbons (Fsp3) is 0.542. The second-order valence-electron chi connectivity index (χ2n) is 9.65. The summed E-state index contributed by atoms with van der Waals surface area (Å²) < 4.78 is 0. The molecule has 172 valence electrons. The first-order chi connectivity index (χ1) is 15.3. The van der Waals surface area contributed by atoms with E-state index in [2.05, 4.69) is 75.1 Å². The first-order valence-corrected chi connectivity index (χ1v) is 11.6. The molecule has 8 heteroatoms. The first-order valence-electron chi connectivity index (χ1n) is 11.6. The van der Waals surface area contributed by atoms with Crippen LogP contribution in [0.25, 0.3) is 10.9 Å². The third kappa shape index (κ3) is 4.96. The molecule has 3 heterocycles. The Kier molecular flexibility index (Phi) is 6.50. The Morgan fingerprint density at radius 3 is 2.66 bits per heavy atom. The van der Waals surface area contributed by atoms with Crippen LogP contribution in [0.5, 0.6) is 0 Å². The minimum Gasteiger partial charge on any atom is -0.361 e. The van der Waals surface area contributed by atoms with Gasteiger partial charge in [-0.3, -0.25) is 14.8 Å². The number of nitrogens with one attached hydrogen (secondary N) is 3. The third-order valence-electron chi connectivity index (χ3n) is 6.31. The van der Waals surface area contributed by atoms with Gasteiger partial charge in [0.1, 0.15) is 0 Å². The Hall–Kier alpha value is -2.87. The van der Waals surface area contributed by atoms with Gasteiger partial charge in [-0.2, -0.15) is 4.98 Å². The zero-order chi connectivity index (χ0) is 22.7. The minimum absolute atomic E-state index is 0.0376. The lowest BCUT2D eigenvalue weighted by Gasteiger charge is -2.41. The maximum atomic E-state index is 12.9. The van der Waals surface area contributed by atoms with Gasteiger partial charge in [-0.1, -0.05) is 31.5 Å². The smallest absolute Gasteiger partial charge is 0.288 e. The van der Waals surface area contributed by atoms with E-state index in [1.54, 1.807) is 0 Å². The summed E-state index contributed by atoms with van der Waals surface area (Å²) in [5.74, 6) is 0.682. The molecule has 0 saturated carbocycles. The van der Waals surface area contributed by atoms with E-state index >= 15 is 0 Å². The van der Waals surface area contributed by atoms with Gasteiger partial charge in [0.05, 0.1) is 0 Å². The molecule has 1 amide bonds. The summed E-state index contributed by atoms with van der Waals surface area (Å²) in [6.45, 7) is 12.5. The number of hydrogen-bond donors (Lipinski definition) is 3. The number of carbonyl (C=O) groups excluding carboxylic acids is 1. The highest BCUT2D eigenvalue weighted by molar-refractivity contribution is 5.91. The summed E-state index contributed by atoms with van der Waals surface area (Å²) >= 11 is 0. The predicted molar refractivity (Wildman–Crippen MR) is 128 cm³/mol. The summed E-state index contributed by atoms with van der Waals surface area (Å²) in [4.78, 5) is 25.4. The fourth-order valence-corrected chi connectivity index (χ4v) is 4.47. The van der Waals surface area contributed by atoms with E-state index in [1.165, 1.54) is 10.9 Å². The fourth-order valence-electron chi connectivity index (χ4n) is 4.47. The number of hydrogen-bond acceptors (Lipinski definition) is 5. The number of H-pyrrole nitrogens is 2. The topological polar surface area (TPSA) is 92.9 Å². The van der Waals surface area contributed by atoms with Gasteiger partial charge < -0.3 is 15.2 Å². The largest absolute Gasteiger partial charge is 0.361 e. The number of carbonyl (C=O) groups is 1. The van der Waals surface area contributed by atoms with Crippen molar-refractivity contribution in [3.05, 3.63) is 41.9 Å². The number of aromatic nitrogens is 4. The molecule has 1 aliphatic heterocycles. The number of rotatable bonds is 7. The maximum absolute atomic E-state index is 12.9. The van der Waals surface area contributed by atoms with Crippen LogP contribution < -0.4 is 10.2 Å². The number of para-hydroxylation sites is 1. The Balaban J connectivity index is 1.39. The SMILES string of the molecule is CCCC(Cc1c[nH]c2ccccc12)NC(=O)c1nc(N2CCN(C(C)(C)C)CC2)n[nH]1. The standard InChI is InChI=1S/C24H35N7O/c1-5-8-18(15-17-16-25-20-10-7-6-9-19(17)20)26-22(32)21-27-23(29-28-21)30-11-13-31(14-12-30)24(2,3)4/h6-7,9-10,16,18,25H,5,8,11-15H2,1-4H3,(H,26,32)(H,27,28,29). The van der Waals surface area contributed by atoms with E-state index in [0.29, 0.717) is 5.95 Å². The number of anilines is 1. The van der Waals surface area contributed by atoms with Gasteiger partial charge in [0.25, 0.3) is 5.91 Å². The molecular formula is C24H35N7O.